The van der Waals surface area contributed by atoms with Crippen molar-refractivity contribution in [2.24, 2.45) is 5.92 Å². The second kappa shape index (κ2) is 10.2. The van der Waals surface area contributed by atoms with E-state index in [1.165, 1.54) is 19.3 Å². The van der Waals surface area contributed by atoms with Crippen LogP contribution in [0, 0.1) is 5.92 Å². The van der Waals surface area contributed by atoms with E-state index in [9.17, 15) is 9.59 Å². The molecule has 1 aliphatic heterocycles. The Labute approximate surface area is 177 Å². The first-order valence-corrected chi connectivity index (χ1v) is 11.7. The molecule has 0 aromatic heterocycles. The van der Waals surface area contributed by atoms with Crippen molar-refractivity contribution >= 4 is 29.4 Å². The Kier molecular flexibility index (Phi) is 7.70. The number of hydrogen-bond acceptors (Lipinski definition) is 5. The Hall–Kier alpha value is -1.89. The average Bonchev–Trinajstić information content (AvgIpc) is 3.15. The van der Waals surface area contributed by atoms with Crippen LogP contribution in [0.4, 0.5) is 10.5 Å². The molecule has 1 aromatic carbocycles. The van der Waals surface area contributed by atoms with E-state index in [4.69, 9.17) is 9.47 Å². The van der Waals surface area contributed by atoms with Gasteiger partial charge in [0.2, 0.25) is 0 Å². The number of amides is 2. The number of urea groups is 1. The SMILES string of the molecule is CCOc1ccccc1NC(=O)N1C(C(=O)OC(C)C)CSC1C1CCCCC1. The van der Waals surface area contributed by atoms with Crippen LogP contribution < -0.4 is 10.1 Å². The molecule has 0 bridgehead atoms. The number of para-hydroxylation sites is 2. The Morgan fingerprint density at radius 2 is 1.93 bits per heavy atom. The number of benzene rings is 1. The first kappa shape index (κ1) is 21.8. The number of ether oxygens (including phenoxy) is 2. The summed E-state index contributed by atoms with van der Waals surface area (Å²) in [5, 5.41) is 2.98. The van der Waals surface area contributed by atoms with Crippen molar-refractivity contribution in [3.05, 3.63) is 24.3 Å². The average molecular weight is 421 g/mol. The van der Waals surface area contributed by atoms with Crippen molar-refractivity contribution in [1.82, 2.24) is 4.90 Å². The number of thioether (sulfide) groups is 1. The van der Waals surface area contributed by atoms with E-state index in [0.717, 1.165) is 12.8 Å². The van der Waals surface area contributed by atoms with Gasteiger partial charge in [0.15, 0.2) is 0 Å². The number of hydrogen-bond donors (Lipinski definition) is 1. The molecule has 1 saturated heterocycles. The normalized spacial score (nSPS) is 22.6. The van der Waals surface area contributed by atoms with Gasteiger partial charge in [-0.2, -0.15) is 0 Å². The summed E-state index contributed by atoms with van der Waals surface area (Å²) < 4.78 is 11.1. The molecule has 2 unspecified atom stereocenters. The van der Waals surface area contributed by atoms with Crippen LogP contribution in [0.1, 0.15) is 52.9 Å². The summed E-state index contributed by atoms with van der Waals surface area (Å²) in [4.78, 5) is 27.8. The maximum Gasteiger partial charge on any atom is 0.330 e. The Morgan fingerprint density at radius 3 is 2.62 bits per heavy atom. The maximum absolute atomic E-state index is 13.4. The highest BCUT2D eigenvalue weighted by Gasteiger charge is 2.46. The molecule has 3 rings (SSSR count). The first-order chi connectivity index (χ1) is 14.0. The number of nitrogens with zero attached hydrogens (tertiary/aromatic N) is 1. The predicted molar refractivity (Wildman–Crippen MR) is 116 cm³/mol. The third-order valence-electron chi connectivity index (χ3n) is 5.37. The van der Waals surface area contributed by atoms with E-state index < -0.39 is 6.04 Å². The van der Waals surface area contributed by atoms with E-state index in [1.807, 2.05) is 45.0 Å². The molecule has 160 valence electrons. The molecule has 1 aromatic rings. The molecular formula is C22H32N2O4S. The van der Waals surface area contributed by atoms with Crippen LogP contribution >= 0.6 is 11.8 Å². The van der Waals surface area contributed by atoms with Gasteiger partial charge < -0.3 is 14.8 Å². The molecule has 29 heavy (non-hydrogen) atoms. The van der Waals surface area contributed by atoms with Crippen LogP contribution in [-0.4, -0.2) is 46.8 Å². The lowest BCUT2D eigenvalue weighted by Crippen LogP contribution is -2.50. The molecule has 2 amide bonds. The topological polar surface area (TPSA) is 67.9 Å². The van der Waals surface area contributed by atoms with E-state index in [0.29, 0.717) is 29.7 Å². The second-order valence-corrected chi connectivity index (χ2v) is 9.04. The highest BCUT2D eigenvalue weighted by Crippen LogP contribution is 2.41. The molecule has 2 fully saturated rings. The van der Waals surface area contributed by atoms with Crippen LogP contribution in [0.5, 0.6) is 5.75 Å². The Bertz CT molecular complexity index is 706. The van der Waals surface area contributed by atoms with Gasteiger partial charge in [-0.3, -0.25) is 4.90 Å². The first-order valence-electron chi connectivity index (χ1n) is 10.6. The minimum absolute atomic E-state index is 0.000678. The lowest BCUT2D eigenvalue weighted by atomic mass is 9.88. The molecule has 1 aliphatic carbocycles. The van der Waals surface area contributed by atoms with Crippen molar-refractivity contribution in [3.63, 3.8) is 0 Å². The van der Waals surface area contributed by atoms with Crippen molar-refractivity contribution in [2.75, 3.05) is 17.7 Å². The van der Waals surface area contributed by atoms with Gasteiger partial charge in [0.05, 0.1) is 23.8 Å². The van der Waals surface area contributed by atoms with Gasteiger partial charge in [0.25, 0.3) is 0 Å². The highest BCUT2D eigenvalue weighted by molar-refractivity contribution is 8.00. The molecular weight excluding hydrogens is 388 g/mol. The summed E-state index contributed by atoms with van der Waals surface area (Å²) >= 11 is 1.71. The van der Waals surface area contributed by atoms with Crippen molar-refractivity contribution in [2.45, 2.75) is 70.4 Å². The second-order valence-electron chi connectivity index (χ2n) is 7.89. The Balaban J connectivity index is 1.82. The van der Waals surface area contributed by atoms with E-state index >= 15 is 0 Å². The predicted octanol–water partition coefficient (Wildman–Crippen LogP) is 4.89. The highest BCUT2D eigenvalue weighted by atomic mass is 32.2. The molecule has 2 aliphatic rings. The fraction of sp³-hybridized carbons (Fsp3) is 0.636. The zero-order valence-corrected chi connectivity index (χ0v) is 18.4. The lowest BCUT2D eigenvalue weighted by Gasteiger charge is -2.35. The Morgan fingerprint density at radius 1 is 1.21 bits per heavy atom. The molecule has 0 spiro atoms. The van der Waals surface area contributed by atoms with Crippen LogP contribution in [-0.2, 0) is 9.53 Å². The lowest BCUT2D eigenvalue weighted by molar-refractivity contribution is -0.151. The summed E-state index contributed by atoms with van der Waals surface area (Å²) in [5.74, 6) is 1.30. The third-order valence-corrected chi connectivity index (χ3v) is 6.84. The largest absolute Gasteiger partial charge is 0.492 e. The number of esters is 1. The molecule has 2 atom stereocenters. The molecule has 6 nitrogen and oxygen atoms in total. The van der Waals surface area contributed by atoms with E-state index in [2.05, 4.69) is 5.32 Å². The monoisotopic (exact) mass is 420 g/mol. The smallest absolute Gasteiger partial charge is 0.330 e. The van der Waals surface area contributed by atoms with Gasteiger partial charge >= 0.3 is 12.0 Å². The summed E-state index contributed by atoms with van der Waals surface area (Å²) in [6.45, 7) is 6.09. The van der Waals surface area contributed by atoms with Crippen LogP contribution in [0.15, 0.2) is 24.3 Å². The summed E-state index contributed by atoms with van der Waals surface area (Å²) in [7, 11) is 0. The minimum Gasteiger partial charge on any atom is -0.492 e. The van der Waals surface area contributed by atoms with E-state index in [-0.39, 0.29) is 23.5 Å². The fourth-order valence-corrected chi connectivity index (χ4v) is 5.71. The van der Waals surface area contributed by atoms with E-state index in [1.54, 1.807) is 16.7 Å². The number of nitrogens with one attached hydrogen (secondary N) is 1. The van der Waals surface area contributed by atoms with Gasteiger partial charge in [-0.05, 0) is 51.7 Å². The van der Waals surface area contributed by atoms with Gasteiger partial charge in [-0.1, -0.05) is 31.4 Å². The quantitative estimate of drug-likeness (QED) is 0.664. The summed E-state index contributed by atoms with van der Waals surface area (Å²) in [5.41, 5.74) is 0.620. The molecule has 1 N–H and O–H groups in total. The van der Waals surface area contributed by atoms with Crippen molar-refractivity contribution < 1.29 is 19.1 Å². The number of carbonyl (C=O) groups excluding carboxylic acids is 2. The fourth-order valence-electron chi connectivity index (χ4n) is 4.09. The minimum atomic E-state index is -0.561. The third kappa shape index (κ3) is 5.38. The summed E-state index contributed by atoms with van der Waals surface area (Å²) in [6, 6.07) is 6.57. The molecule has 1 saturated carbocycles. The maximum atomic E-state index is 13.4. The van der Waals surface area contributed by atoms with Crippen molar-refractivity contribution in [1.29, 1.82) is 0 Å². The summed E-state index contributed by atoms with van der Waals surface area (Å²) in [6.07, 6.45) is 5.62. The van der Waals surface area contributed by atoms with Gasteiger partial charge in [-0.15, -0.1) is 11.8 Å². The van der Waals surface area contributed by atoms with Gasteiger partial charge in [0, 0.05) is 5.75 Å². The molecule has 7 heteroatoms. The molecule has 0 radical (unpaired) electrons. The number of rotatable bonds is 6. The van der Waals surface area contributed by atoms with Gasteiger partial charge in [0.1, 0.15) is 11.8 Å². The standard InChI is InChI=1S/C22H32N2O4S/c1-4-27-19-13-9-8-12-17(19)23-22(26)24-18(21(25)28-15(2)3)14-29-20(24)16-10-6-5-7-11-16/h8-9,12-13,15-16,18,20H,4-7,10-11,14H2,1-3H3,(H,23,26). The van der Waals surface area contributed by atoms with Crippen molar-refractivity contribution in [3.8, 4) is 5.75 Å². The number of anilines is 1. The zero-order chi connectivity index (χ0) is 20.8. The van der Waals surface area contributed by atoms with Crippen LogP contribution in [0.2, 0.25) is 0 Å². The van der Waals surface area contributed by atoms with Gasteiger partial charge in [-0.25, -0.2) is 9.59 Å². The van der Waals surface area contributed by atoms with Crippen LogP contribution in [0.25, 0.3) is 0 Å². The zero-order valence-electron chi connectivity index (χ0n) is 17.6. The molecule has 1 heterocycles. The number of carbonyl (C=O) groups is 2. The van der Waals surface area contributed by atoms with Crippen LogP contribution in [0.3, 0.4) is 0 Å².